The zero-order valence-corrected chi connectivity index (χ0v) is 13.7. The van der Waals surface area contributed by atoms with E-state index in [4.69, 9.17) is 0 Å². The standard InChI is InChI=1S/C13H19FN2O3S2/c1-9-11(8-16-5-3-15-4-6-16)7-12(10(2)13(9)20)19-21(14,17)18/h7,15,20H,3-6,8H2,1-2H3. The highest BCUT2D eigenvalue weighted by molar-refractivity contribution is 7.81. The first-order chi connectivity index (χ1) is 9.78. The highest BCUT2D eigenvalue weighted by Crippen LogP contribution is 2.32. The van der Waals surface area contributed by atoms with Crippen LogP contribution in [-0.4, -0.2) is 39.5 Å². The SMILES string of the molecule is Cc1c(CN2CCNCC2)cc(OS(=O)(=O)F)c(C)c1S. The highest BCUT2D eigenvalue weighted by atomic mass is 32.3. The molecule has 1 N–H and O–H groups in total. The van der Waals surface area contributed by atoms with Gasteiger partial charge in [-0.25, -0.2) is 0 Å². The lowest BCUT2D eigenvalue weighted by Crippen LogP contribution is -2.43. The molecule has 0 amide bonds. The molecule has 1 aliphatic rings. The summed E-state index contributed by atoms with van der Waals surface area (Å²) in [4.78, 5) is 2.87. The average Bonchev–Trinajstić information content (AvgIpc) is 2.41. The van der Waals surface area contributed by atoms with Crippen LogP contribution in [0, 0.1) is 13.8 Å². The lowest BCUT2D eigenvalue weighted by Gasteiger charge is -2.28. The summed E-state index contributed by atoms with van der Waals surface area (Å²) < 4.78 is 38.6. The number of hydrogen-bond acceptors (Lipinski definition) is 6. The van der Waals surface area contributed by atoms with Crippen molar-refractivity contribution >= 4 is 23.1 Å². The molecule has 2 rings (SSSR count). The van der Waals surface area contributed by atoms with Crippen LogP contribution >= 0.6 is 12.6 Å². The lowest BCUT2D eigenvalue weighted by molar-refractivity contribution is 0.232. The Balaban J connectivity index is 2.31. The second-order valence-electron chi connectivity index (χ2n) is 5.14. The van der Waals surface area contributed by atoms with Crippen LogP contribution in [0.2, 0.25) is 0 Å². The maximum Gasteiger partial charge on any atom is 0.488 e. The van der Waals surface area contributed by atoms with Crippen LogP contribution in [0.5, 0.6) is 5.75 Å². The van der Waals surface area contributed by atoms with Crippen molar-refractivity contribution in [1.82, 2.24) is 10.2 Å². The second kappa shape index (κ2) is 6.51. The molecule has 1 heterocycles. The third-order valence-corrected chi connectivity index (χ3v) is 4.71. The fraction of sp³-hybridized carbons (Fsp3) is 0.538. The van der Waals surface area contributed by atoms with Crippen molar-refractivity contribution in [2.24, 2.45) is 0 Å². The summed E-state index contributed by atoms with van der Waals surface area (Å²) in [6.45, 7) is 7.89. The van der Waals surface area contributed by atoms with E-state index in [2.05, 4.69) is 27.0 Å². The fourth-order valence-corrected chi connectivity index (χ4v) is 3.03. The second-order valence-corrected chi connectivity index (χ2v) is 6.54. The molecule has 118 valence electrons. The molecule has 5 nitrogen and oxygen atoms in total. The minimum absolute atomic E-state index is 0.00163. The average molecular weight is 334 g/mol. The number of hydrogen-bond donors (Lipinski definition) is 2. The van der Waals surface area contributed by atoms with Gasteiger partial charge in [0.25, 0.3) is 0 Å². The van der Waals surface area contributed by atoms with Crippen molar-refractivity contribution in [3.05, 3.63) is 22.8 Å². The van der Waals surface area contributed by atoms with E-state index in [0.717, 1.165) is 37.3 Å². The third kappa shape index (κ3) is 4.32. The number of halogens is 1. The maximum atomic E-state index is 12.8. The Morgan fingerprint density at radius 2 is 1.95 bits per heavy atom. The number of nitrogens with one attached hydrogen (secondary N) is 1. The van der Waals surface area contributed by atoms with E-state index >= 15 is 0 Å². The molecule has 1 aliphatic heterocycles. The van der Waals surface area contributed by atoms with Crippen molar-refractivity contribution in [2.75, 3.05) is 26.2 Å². The molecular weight excluding hydrogens is 315 g/mol. The van der Waals surface area contributed by atoms with Crippen LogP contribution in [0.15, 0.2) is 11.0 Å². The summed E-state index contributed by atoms with van der Waals surface area (Å²) in [7, 11) is -5.04. The van der Waals surface area contributed by atoms with Crippen molar-refractivity contribution < 1.29 is 16.5 Å². The Morgan fingerprint density at radius 3 is 2.52 bits per heavy atom. The summed E-state index contributed by atoms with van der Waals surface area (Å²) in [6, 6.07) is 1.59. The molecule has 21 heavy (non-hydrogen) atoms. The molecule has 0 radical (unpaired) electrons. The molecule has 0 bridgehead atoms. The molecule has 1 fully saturated rings. The Labute approximate surface area is 130 Å². The quantitative estimate of drug-likeness (QED) is 0.647. The molecule has 0 saturated carbocycles. The minimum atomic E-state index is -5.04. The fourth-order valence-electron chi connectivity index (χ4n) is 2.39. The Bertz CT molecular complexity index is 629. The molecule has 1 aromatic rings. The summed E-state index contributed by atoms with van der Waals surface area (Å²) in [5.41, 5.74) is 2.37. The van der Waals surface area contributed by atoms with Crippen LogP contribution in [-0.2, 0) is 17.0 Å². The van der Waals surface area contributed by atoms with Crippen molar-refractivity contribution in [2.45, 2.75) is 25.3 Å². The predicted molar refractivity (Wildman–Crippen MR) is 82.0 cm³/mol. The van der Waals surface area contributed by atoms with Gasteiger partial charge in [-0.1, -0.05) is 3.89 Å². The third-order valence-electron chi connectivity index (χ3n) is 3.66. The highest BCUT2D eigenvalue weighted by Gasteiger charge is 2.19. The van der Waals surface area contributed by atoms with Crippen molar-refractivity contribution in [1.29, 1.82) is 0 Å². The first kappa shape index (κ1) is 16.5. The summed E-state index contributed by atoms with van der Waals surface area (Å²) in [5.74, 6) is -0.00163. The van der Waals surface area contributed by atoms with E-state index in [0.29, 0.717) is 17.0 Å². The topological polar surface area (TPSA) is 58.6 Å². The van der Waals surface area contributed by atoms with Crippen molar-refractivity contribution in [3.8, 4) is 5.75 Å². The van der Waals surface area contributed by atoms with Crippen LogP contribution in [0.25, 0.3) is 0 Å². The van der Waals surface area contributed by atoms with E-state index < -0.39 is 10.5 Å². The normalized spacial score (nSPS) is 17.0. The van der Waals surface area contributed by atoms with Gasteiger partial charge in [0.05, 0.1) is 0 Å². The molecule has 1 aromatic carbocycles. The maximum absolute atomic E-state index is 12.8. The van der Waals surface area contributed by atoms with Crippen LogP contribution in [0.4, 0.5) is 3.89 Å². The largest absolute Gasteiger partial charge is 0.488 e. The summed E-state index contributed by atoms with van der Waals surface area (Å²) in [6.07, 6.45) is 0. The molecule has 0 aromatic heterocycles. The molecule has 0 unspecified atom stereocenters. The number of piperazine rings is 1. The van der Waals surface area contributed by atoms with Gasteiger partial charge in [0, 0.05) is 43.2 Å². The Morgan fingerprint density at radius 1 is 1.33 bits per heavy atom. The van der Waals surface area contributed by atoms with Gasteiger partial charge in [0.2, 0.25) is 0 Å². The van der Waals surface area contributed by atoms with E-state index in [9.17, 15) is 12.3 Å². The zero-order chi connectivity index (χ0) is 15.6. The van der Waals surface area contributed by atoms with Gasteiger partial charge in [-0.05, 0) is 31.0 Å². The van der Waals surface area contributed by atoms with E-state index in [1.165, 1.54) is 0 Å². The van der Waals surface area contributed by atoms with E-state index in [-0.39, 0.29) is 5.75 Å². The van der Waals surface area contributed by atoms with Gasteiger partial charge in [0.1, 0.15) is 5.75 Å². The summed E-state index contributed by atoms with van der Waals surface area (Å²) >= 11 is 4.39. The Kier molecular flexibility index (Phi) is 5.13. The van der Waals surface area contributed by atoms with E-state index in [1.807, 2.05) is 6.92 Å². The van der Waals surface area contributed by atoms with Gasteiger partial charge in [-0.15, -0.1) is 12.6 Å². The minimum Gasteiger partial charge on any atom is -0.358 e. The van der Waals surface area contributed by atoms with Gasteiger partial charge >= 0.3 is 10.5 Å². The van der Waals surface area contributed by atoms with Crippen molar-refractivity contribution in [3.63, 3.8) is 0 Å². The van der Waals surface area contributed by atoms with Crippen LogP contribution in [0.1, 0.15) is 16.7 Å². The first-order valence-electron chi connectivity index (χ1n) is 6.67. The first-order valence-corrected chi connectivity index (χ1v) is 8.42. The van der Waals surface area contributed by atoms with Gasteiger partial charge in [-0.3, -0.25) is 4.90 Å². The molecule has 0 atom stereocenters. The van der Waals surface area contributed by atoms with Gasteiger partial charge in [-0.2, -0.15) is 8.42 Å². The lowest BCUT2D eigenvalue weighted by atomic mass is 10.0. The molecule has 0 aliphatic carbocycles. The van der Waals surface area contributed by atoms with E-state index in [1.54, 1.807) is 13.0 Å². The molecular formula is C13H19FN2O3S2. The monoisotopic (exact) mass is 334 g/mol. The smallest absolute Gasteiger partial charge is 0.358 e. The molecule has 0 spiro atoms. The van der Waals surface area contributed by atoms with Gasteiger partial charge < -0.3 is 9.50 Å². The summed E-state index contributed by atoms with van der Waals surface area (Å²) in [5, 5.41) is 3.27. The number of benzene rings is 1. The number of rotatable bonds is 4. The van der Waals surface area contributed by atoms with Gasteiger partial charge in [0.15, 0.2) is 0 Å². The zero-order valence-electron chi connectivity index (χ0n) is 12.0. The molecule has 1 saturated heterocycles. The number of nitrogens with zero attached hydrogens (tertiary/aromatic N) is 1. The van der Waals surface area contributed by atoms with Crippen LogP contribution in [0.3, 0.4) is 0 Å². The molecule has 8 heteroatoms. The number of thiol groups is 1. The predicted octanol–water partition coefficient (Wildman–Crippen LogP) is 1.59. The van der Waals surface area contributed by atoms with Crippen LogP contribution < -0.4 is 9.50 Å². The Hall–Kier alpha value is -0.830.